The van der Waals surface area contributed by atoms with Crippen molar-refractivity contribution in [2.75, 3.05) is 86.4 Å². The molecule has 0 radical (unpaired) electrons. The number of hydrogen-bond donors (Lipinski definition) is 1. The predicted octanol–water partition coefficient (Wildman–Crippen LogP) is 4.31. The standard InChI is InChI=1S/C15H22N2O2.C15H24NO2.C10H13NO4S/c1-13-3-5-14(6-4-13)15(18)19-12-11-17-9-7-16(2)8-10-17;1-6-14(11-16(3,4)5)18-15(17)13-9-7-12(2)8-10-13;1-8-2-4-9(5-3-8)10(12)11-6-7-16(13,14)15/h3-6H,7-12H2,1-2H3;7-10,14H,6,11H2,1-5H3;2-5H,6-7H2,1H3,(H,11,12)(H,13,14,15)/q;+1;/p-1. The number of carbonyl (C=O) groups is 3. The second-order valence-electron chi connectivity index (χ2n) is 14.3. The van der Waals surface area contributed by atoms with Crippen molar-refractivity contribution in [3.05, 3.63) is 106 Å². The summed E-state index contributed by atoms with van der Waals surface area (Å²) in [7, 11) is 4.16. The summed E-state index contributed by atoms with van der Waals surface area (Å²) in [5.74, 6) is -1.43. The van der Waals surface area contributed by atoms with E-state index in [9.17, 15) is 27.4 Å². The zero-order chi connectivity index (χ0) is 39.6. The molecule has 1 amide bonds. The van der Waals surface area contributed by atoms with Crippen LogP contribution in [0.3, 0.4) is 0 Å². The molecule has 1 fully saturated rings. The molecule has 13 heteroatoms. The van der Waals surface area contributed by atoms with Crippen LogP contribution in [0.2, 0.25) is 0 Å². The fraction of sp³-hybridized carbons (Fsp3) is 0.475. The number of benzene rings is 3. The third-order valence-electron chi connectivity index (χ3n) is 8.24. The Labute approximate surface area is 316 Å². The molecule has 1 N–H and O–H groups in total. The van der Waals surface area contributed by atoms with Gasteiger partial charge in [-0.2, -0.15) is 0 Å². The van der Waals surface area contributed by atoms with E-state index in [0.29, 0.717) is 23.3 Å². The van der Waals surface area contributed by atoms with Crippen LogP contribution in [0.4, 0.5) is 0 Å². The molecule has 3 aromatic carbocycles. The topological polar surface area (TPSA) is 145 Å². The lowest BCUT2D eigenvalue weighted by atomic mass is 10.1. The van der Waals surface area contributed by atoms with E-state index in [1.807, 2.05) is 76.2 Å². The fourth-order valence-electron chi connectivity index (χ4n) is 4.98. The van der Waals surface area contributed by atoms with Gasteiger partial charge in [0.15, 0.2) is 6.10 Å². The normalized spacial score (nSPS) is 14.1. The summed E-state index contributed by atoms with van der Waals surface area (Å²) in [6.07, 6.45) is 0.812. The minimum absolute atomic E-state index is 0.0289. The average molecular weight is 755 g/mol. The number of amides is 1. The Morgan fingerprint density at radius 2 is 1.23 bits per heavy atom. The van der Waals surface area contributed by atoms with E-state index in [-0.39, 0.29) is 30.5 Å². The fourth-order valence-corrected chi connectivity index (χ4v) is 5.33. The Morgan fingerprint density at radius 3 is 1.66 bits per heavy atom. The summed E-state index contributed by atoms with van der Waals surface area (Å²) >= 11 is 0. The number of piperazine rings is 1. The van der Waals surface area contributed by atoms with Crippen molar-refractivity contribution in [2.24, 2.45) is 0 Å². The first-order valence-corrected chi connectivity index (χ1v) is 19.4. The highest BCUT2D eigenvalue weighted by atomic mass is 32.2. The lowest BCUT2D eigenvalue weighted by molar-refractivity contribution is -0.873. The molecule has 0 saturated carbocycles. The van der Waals surface area contributed by atoms with Crippen LogP contribution >= 0.6 is 0 Å². The number of nitrogens with zero attached hydrogens (tertiary/aromatic N) is 3. The van der Waals surface area contributed by atoms with Gasteiger partial charge in [0.25, 0.3) is 5.91 Å². The zero-order valence-electron chi connectivity index (χ0n) is 32.6. The second kappa shape index (κ2) is 22.2. The summed E-state index contributed by atoms with van der Waals surface area (Å²) in [4.78, 5) is 39.9. The van der Waals surface area contributed by atoms with Crippen LogP contribution in [-0.2, 0) is 19.6 Å². The molecule has 1 unspecified atom stereocenters. The lowest BCUT2D eigenvalue weighted by Crippen LogP contribution is -2.45. The molecular formula is C40H58N4O8S. The summed E-state index contributed by atoms with van der Waals surface area (Å²) in [6, 6.07) is 21.8. The minimum Gasteiger partial charge on any atom is -0.748 e. The van der Waals surface area contributed by atoms with E-state index in [4.69, 9.17) is 9.47 Å². The predicted molar refractivity (Wildman–Crippen MR) is 207 cm³/mol. The first-order chi connectivity index (χ1) is 24.8. The molecule has 1 aliphatic rings. The molecule has 0 bridgehead atoms. The molecule has 292 valence electrons. The second-order valence-corrected chi connectivity index (χ2v) is 15.8. The maximum atomic E-state index is 12.0. The highest BCUT2D eigenvalue weighted by Crippen LogP contribution is 2.11. The van der Waals surface area contributed by atoms with E-state index in [1.165, 1.54) is 0 Å². The Bertz CT molecular complexity index is 1670. The SMILES string of the molecule is CCC(C[N+](C)(C)C)OC(=O)c1ccc(C)cc1.Cc1ccc(C(=O)NCCS(=O)(=O)[O-])cc1.Cc1ccc(C(=O)OCCN2CCN(C)CC2)cc1. The molecule has 0 spiro atoms. The smallest absolute Gasteiger partial charge is 0.338 e. The Balaban J connectivity index is 0.000000276. The van der Waals surface area contributed by atoms with Crippen molar-refractivity contribution >= 4 is 28.0 Å². The van der Waals surface area contributed by atoms with Gasteiger partial charge in [-0.05, 0) is 70.6 Å². The number of hydrogen-bond acceptors (Lipinski definition) is 10. The number of rotatable bonds is 13. The van der Waals surface area contributed by atoms with E-state index < -0.39 is 15.9 Å². The highest BCUT2D eigenvalue weighted by Gasteiger charge is 2.21. The third kappa shape index (κ3) is 19.5. The van der Waals surface area contributed by atoms with Gasteiger partial charge in [0.1, 0.15) is 13.2 Å². The summed E-state index contributed by atoms with van der Waals surface area (Å²) in [5.41, 5.74) is 5.01. The van der Waals surface area contributed by atoms with Crippen molar-refractivity contribution in [2.45, 2.75) is 40.2 Å². The third-order valence-corrected chi connectivity index (χ3v) is 8.95. The van der Waals surface area contributed by atoms with Gasteiger partial charge in [0, 0.05) is 44.8 Å². The lowest BCUT2D eigenvalue weighted by Gasteiger charge is -2.32. The molecule has 3 aromatic rings. The van der Waals surface area contributed by atoms with Gasteiger partial charge in [-0.3, -0.25) is 9.69 Å². The number of likely N-dealkylation sites (N-methyl/N-ethyl adjacent to an activating group) is 2. The van der Waals surface area contributed by atoms with E-state index in [0.717, 1.165) is 66.9 Å². The maximum Gasteiger partial charge on any atom is 0.338 e. The molecule has 0 aromatic heterocycles. The molecule has 1 atom stereocenters. The minimum atomic E-state index is -4.27. The summed E-state index contributed by atoms with van der Waals surface area (Å²) < 4.78 is 42.5. The molecule has 53 heavy (non-hydrogen) atoms. The number of quaternary nitrogens is 1. The van der Waals surface area contributed by atoms with Crippen LogP contribution in [0.5, 0.6) is 0 Å². The van der Waals surface area contributed by atoms with Crippen LogP contribution in [0.25, 0.3) is 0 Å². The van der Waals surface area contributed by atoms with Gasteiger partial charge >= 0.3 is 11.9 Å². The summed E-state index contributed by atoms with van der Waals surface area (Å²) in [6.45, 7) is 14.2. The number of esters is 2. The van der Waals surface area contributed by atoms with Gasteiger partial charge in [0.05, 0.1) is 48.1 Å². The number of nitrogens with one attached hydrogen (secondary N) is 1. The zero-order valence-corrected chi connectivity index (χ0v) is 33.4. The quantitative estimate of drug-likeness (QED) is 0.152. The van der Waals surface area contributed by atoms with Crippen LogP contribution in [-0.4, -0.2) is 138 Å². The molecule has 4 rings (SSSR count). The van der Waals surface area contributed by atoms with Crippen LogP contribution < -0.4 is 5.32 Å². The first-order valence-electron chi connectivity index (χ1n) is 17.9. The molecule has 1 heterocycles. The van der Waals surface area contributed by atoms with Gasteiger partial charge in [0.2, 0.25) is 0 Å². The van der Waals surface area contributed by atoms with Crippen LogP contribution in [0.1, 0.15) is 61.1 Å². The maximum absolute atomic E-state index is 12.0. The average Bonchev–Trinajstić information content (AvgIpc) is 3.09. The molecule has 1 aliphatic heterocycles. The van der Waals surface area contributed by atoms with Crippen LogP contribution in [0.15, 0.2) is 72.8 Å². The summed E-state index contributed by atoms with van der Waals surface area (Å²) in [5, 5.41) is 2.36. The van der Waals surface area contributed by atoms with Crippen molar-refractivity contribution in [1.29, 1.82) is 0 Å². The first kappa shape index (κ1) is 45.0. The molecule has 0 aliphatic carbocycles. The van der Waals surface area contributed by atoms with Crippen molar-refractivity contribution in [1.82, 2.24) is 15.1 Å². The van der Waals surface area contributed by atoms with E-state index in [2.05, 4.69) is 43.3 Å². The molecule has 12 nitrogen and oxygen atoms in total. The molecular weight excluding hydrogens is 697 g/mol. The van der Waals surface area contributed by atoms with E-state index in [1.54, 1.807) is 24.3 Å². The van der Waals surface area contributed by atoms with Gasteiger partial charge in [-0.15, -0.1) is 0 Å². The molecule has 1 saturated heterocycles. The van der Waals surface area contributed by atoms with Gasteiger partial charge < -0.3 is 28.7 Å². The Morgan fingerprint density at radius 1 is 0.774 bits per heavy atom. The van der Waals surface area contributed by atoms with Crippen LogP contribution in [0, 0.1) is 20.8 Å². The van der Waals surface area contributed by atoms with Crippen molar-refractivity contribution < 1.29 is 41.3 Å². The van der Waals surface area contributed by atoms with Crippen molar-refractivity contribution in [3.63, 3.8) is 0 Å². The van der Waals surface area contributed by atoms with Gasteiger partial charge in [-0.25, -0.2) is 18.0 Å². The number of aryl methyl sites for hydroxylation is 3. The monoisotopic (exact) mass is 754 g/mol. The number of ether oxygens (including phenoxy) is 2. The Kier molecular flexibility index (Phi) is 18.8. The largest absolute Gasteiger partial charge is 0.748 e. The number of carbonyl (C=O) groups excluding carboxylic acids is 3. The van der Waals surface area contributed by atoms with Gasteiger partial charge in [-0.1, -0.05) is 60.0 Å². The van der Waals surface area contributed by atoms with E-state index >= 15 is 0 Å². The Hall–Kier alpha value is -4.14. The van der Waals surface area contributed by atoms with Crippen molar-refractivity contribution in [3.8, 4) is 0 Å². The highest BCUT2D eigenvalue weighted by molar-refractivity contribution is 7.85.